The molecule has 0 atom stereocenters. The zero-order chi connectivity index (χ0) is 17.3. The second kappa shape index (κ2) is 6.65. The Balaban J connectivity index is 1.93. The Bertz CT molecular complexity index is 742. The minimum atomic E-state index is -0.0558. The van der Waals surface area contributed by atoms with Crippen molar-refractivity contribution in [3.8, 4) is 5.75 Å². The molecular formula is C18H21N3O2S. The van der Waals surface area contributed by atoms with Crippen LogP contribution < -0.4 is 9.64 Å². The van der Waals surface area contributed by atoms with Gasteiger partial charge in [0.1, 0.15) is 5.70 Å². The number of thiocarbonyl (C=S) groups is 1. The Kier molecular flexibility index (Phi) is 4.57. The van der Waals surface area contributed by atoms with Gasteiger partial charge in [0.25, 0.3) is 5.91 Å². The van der Waals surface area contributed by atoms with Gasteiger partial charge in [-0.25, -0.2) is 0 Å². The van der Waals surface area contributed by atoms with Crippen molar-refractivity contribution in [1.29, 1.82) is 0 Å². The summed E-state index contributed by atoms with van der Waals surface area (Å²) in [6.07, 6.45) is 3.65. The monoisotopic (exact) mass is 343 g/mol. The second-order valence-corrected chi connectivity index (χ2v) is 5.81. The molecule has 1 saturated heterocycles. The van der Waals surface area contributed by atoms with Crippen molar-refractivity contribution in [3.63, 3.8) is 0 Å². The van der Waals surface area contributed by atoms with Gasteiger partial charge in [0, 0.05) is 25.7 Å². The molecule has 0 saturated carbocycles. The number of anilines is 1. The lowest BCUT2D eigenvalue weighted by Crippen LogP contribution is -2.32. The Labute approximate surface area is 147 Å². The van der Waals surface area contributed by atoms with Crippen LogP contribution in [0.15, 0.2) is 48.0 Å². The number of para-hydroxylation sites is 2. The van der Waals surface area contributed by atoms with Gasteiger partial charge >= 0.3 is 0 Å². The first-order chi connectivity index (χ1) is 11.6. The number of fused-ring (bicyclic) bond motifs is 1. The molecule has 1 amide bonds. The van der Waals surface area contributed by atoms with E-state index in [-0.39, 0.29) is 5.91 Å². The minimum Gasteiger partial charge on any atom is -0.439 e. The maximum atomic E-state index is 12.5. The maximum absolute atomic E-state index is 12.5. The summed E-state index contributed by atoms with van der Waals surface area (Å²) in [6, 6.07) is 7.91. The van der Waals surface area contributed by atoms with Gasteiger partial charge in [0.2, 0.25) is 5.88 Å². The third-order valence-corrected chi connectivity index (χ3v) is 4.63. The fraction of sp³-hybridized carbons (Fsp3) is 0.333. The number of allylic oxidation sites excluding steroid dienone is 2. The van der Waals surface area contributed by atoms with Crippen LogP contribution in [0.25, 0.3) is 0 Å². The van der Waals surface area contributed by atoms with Crippen LogP contribution >= 0.6 is 12.2 Å². The zero-order valence-electron chi connectivity index (χ0n) is 14.2. The molecule has 0 N–H and O–H groups in total. The van der Waals surface area contributed by atoms with Crippen LogP contribution in [0.2, 0.25) is 0 Å². The highest BCUT2D eigenvalue weighted by molar-refractivity contribution is 7.80. The van der Waals surface area contributed by atoms with Gasteiger partial charge in [0.15, 0.2) is 10.9 Å². The van der Waals surface area contributed by atoms with Gasteiger partial charge in [-0.3, -0.25) is 9.69 Å². The molecule has 6 heteroatoms. The van der Waals surface area contributed by atoms with E-state index in [1.165, 1.54) is 0 Å². The van der Waals surface area contributed by atoms with Gasteiger partial charge in [-0.2, -0.15) is 0 Å². The number of nitrogens with zero attached hydrogens (tertiary/aromatic N) is 3. The average molecular weight is 343 g/mol. The number of benzene rings is 1. The first-order valence-electron chi connectivity index (χ1n) is 8.22. The smallest absolute Gasteiger partial charge is 0.276 e. The average Bonchev–Trinajstić information content (AvgIpc) is 3.06. The molecule has 2 aliphatic rings. The van der Waals surface area contributed by atoms with E-state index in [4.69, 9.17) is 17.0 Å². The van der Waals surface area contributed by atoms with E-state index in [1.54, 1.807) is 11.0 Å². The summed E-state index contributed by atoms with van der Waals surface area (Å²) >= 11 is 5.39. The quantitative estimate of drug-likeness (QED) is 0.620. The molecule has 0 aromatic heterocycles. The van der Waals surface area contributed by atoms with E-state index in [2.05, 4.69) is 11.8 Å². The summed E-state index contributed by atoms with van der Waals surface area (Å²) in [5.74, 6) is 1.50. The third-order valence-electron chi connectivity index (χ3n) is 4.19. The van der Waals surface area contributed by atoms with Crippen LogP contribution in [0, 0.1) is 0 Å². The number of amides is 1. The Morgan fingerprint density at radius 3 is 2.33 bits per heavy atom. The Morgan fingerprint density at radius 1 is 1.00 bits per heavy atom. The number of carbonyl (C=O) groups excluding carboxylic acids is 1. The van der Waals surface area contributed by atoms with Crippen molar-refractivity contribution in [2.75, 3.05) is 24.5 Å². The first kappa shape index (κ1) is 16.5. The van der Waals surface area contributed by atoms with Crippen molar-refractivity contribution in [2.45, 2.75) is 20.8 Å². The zero-order valence-corrected chi connectivity index (χ0v) is 15.0. The fourth-order valence-corrected chi connectivity index (χ4v) is 3.43. The molecule has 1 aromatic rings. The minimum absolute atomic E-state index is 0.0558. The summed E-state index contributed by atoms with van der Waals surface area (Å²) in [5.41, 5.74) is 1.63. The molecule has 3 rings (SSSR count). The van der Waals surface area contributed by atoms with Gasteiger partial charge in [-0.05, 0) is 51.2 Å². The standard InChI is InChI=1S/C18H21N3O2S/c1-4-19-13-9-7-8-10-15(13)23-16(19)12-11-14-17(22)21(6-3)18(24)20(14)5-2/h7-12H,4-6H2,1-3H3. The highest BCUT2D eigenvalue weighted by Gasteiger charge is 2.35. The predicted molar refractivity (Wildman–Crippen MR) is 98.6 cm³/mol. The molecule has 2 aliphatic heterocycles. The van der Waals surface area contributed by atoms with Crippen LogP contribution in [-0.4, -0.2) is 40.5 Å². The molecule has 0 unspecified atom stereocenters. The van der Waals surface area contributed by atoms with Crippen molar-refractivity contribution in [2.24, 2.45) is 0 Å². The molecule has 0 radical (unpaired) electrons. The van der Waals surface area contributed by atoms with Crippen LogP contribution in [0.3, 0.4) is 0 Å². The lowest BCUT2D eigenvalue weighted by Gasteiger charge is -2.17. The molecule has 24 heavy (non-hydrogen) atoms. The van der Waals surface area contributed by atoms with Gasteiger partial charge < -0.3 is 14.5 Å². The van der Waals surface area contributed by atoms with Crippen molar-refractivity contribution in [3.05, 3.63) is 48.0 Å². The van der Waals surface area contributed by atoms with E-state index < -0.39 is 0 Å². The SMILES string of the molecule is CCN1C(=O)C(=CC=C2Oc3ccccc3N2CC)N(CC)C1=S. The van der Waals surface area contributed by atoms with Gasteiger partial charge in [0.05, 0.1) is 5.69 Å². The summed E-state index contributed by atoms with van der Waals surface area (Å²) < 4.78 is 5.92. The van der Waals surface area contributed by atoms with E-state index in [9.17, 15) is 4.79 Å². The molecule has 1 fully saturated rings. The molecular weight excluding hydrogens is 322 g/mol. The number of carbonyl (C=O) groups is 1. The van der Waals surface area contributed by atoms with E-state index >= 15 is 0 Å². The van der Waals surface area contributed by atoms with Crippen molar-refractivity contribution >= 4 is 28.9 Å². The molecule has 0 aliphatic carbocycles. The Morgan fingerprint density at radius 2 is 1.67 bits per heavy atom. The van der Waals surface area contributed by atoms with E-state index in [0.29, 0.717) is 23.9 Å². The molecule has 0 spiro atoms. The van der Waals surface area contributed by atoms with Crippen LogP contribution in [0.4, 0.5) is 5.69 Å². The van der Waals surface area contributed by atoms with E-state index in [0.717, 1.165) is 23.9 Å². The number of hydrogen-bond acceptors (Lipinski definition) is 4. The molecule has 0 bridgehead atoms. The second-order valence-electron chi connectivity index (χ2n) is 5.45. The largest absolute Gasteiger partial charge is 0.439 e. The van der Waals surface area contributed by atoms with Crippen molar-refractivity contribution in [1.82, 2.24) is 9.80 Å². The molecule has 5 nitrogen and oxygen atoms in total. The van der Waals surface area contributed by atoms with E-state index in [1.807, 2.05) is 49.1 Å². The fourth-order valence-electron chi connectivity index (χ4n) is 2.99. The van der Waals surface area contributed by atoms with Gasteiger partial charge in [-0.1, -0.05) is 12.1 Å². The summed E-state index contributed by atoms with van der Waals surface area (Å²) in [5, 5.41) is 0.567. The highest BCUT2D eigenvalue weighted by Crippen LogP contribution is 2.38. The number of ether oxygens (including phenoxy) is 1. The lowest BCUT2D eigenvalue weighted by molar-refractivity contribution is -0.122. The molecule has 126 valence electrons. The number of rotatable bonds is 4. The number of hydrogen-bond donors (Lipinski definition) is 0. The summed E-state index contributed by atoms with van der Waals surface area (Å²) in [6.45, 7) is 8.01. The van der Waals surface area contributed by atoms with Crippen molar-refractivity contribution < 1.29 is 9.53 Å². The highest BCUT2D eigenvalue weighted by atomic mass is 32.1. The van der Waals surface area contributed by atoms with Crippen LogP contribution in [0.5, 0.6) is 5.75 Å². The third kappa shape index (κ3) is 2.57. The first-order valence-corrected chi connectivity index (χ1v) is 8.62. The molecule has 2 heterocycles. The molecule has 1 aromatic carbocycles. The lowest BCUT2D eigenvalue weighted by atomic mass is 10.3. The Hall–Kier alpha value is -2.34. The summed E-state index contributed by atoms with van der Waals surface area (Å²) in [7, 11) is 0. The topological polar surface area (TPSA) is 36.0 Å². The maximum Gasteiger partial charge on any atom is 0.276 e. The predicted octanol–water partition coefficient (Wildman–Crippen LogP) is 3.10. The normalized spacial score (nSPS) is 20.4. The summed E-state index contributed by atoms with van der Waals surface area (Å²) in [4.78, 5) is 18.1. The van der Waals surface area contributed by atoms with Gasteiger partial charge in [-0.15, -0.1) is 0 Å². The van der Waals surface area contributed by atoms with Crippen LogP contribution in [-0.2, 0) is 4.79 Å². The van der Waals surface area contributed by atoms with Crippen LogP contribution in [0.1, 0.15) is 20.8 Å². The number of likely N-dealkylation sites (N-methyl/N-ethyl adjacent to an activating group) is 2.